The standard InChI is InChI=1S/C9H16N2O/c1-2-9(12)10-8-6-11-4-3-7(8)5-11/h7-8H,2-6H2,1H3,(H,10,12)/t7-,8+/m1/s1. The molecule has 2 rings (SSSR count). The zero-order valence-electron chi connectivity index (χ0n) is 7.55. The lowest BCUT2D eigenvalue weighted by atomic mass is 10.00. The highest BCUT2D eigenvalue weighted by Gasteiger charge is 2.38. The van der Waals surface area contributed by atoms with Gasteiger partial charge >= 0.3 is 0 Å². The molecule has 0 saturated carbocycles. The van der Waals surface area contributed by atoms with Gasteiger partial charge in [-0.1, -0.05) is 6.92 Å². The molecular formula is C9H16N2O. The van der Waals surface area contributed by atoms with Crippen molar-refractivity contribution in [2.45, 2.75) is 25.8 Å². The van der Waals surface area contributed by atoms with Crippen molar-refractivity contribution in [2.24, 2.45) is 5.92 Å². The van der Waals surface area contributed by atoms with E-state index in [1.807, 2.05) is 6.92 Å². The molecule has 1 N–H and O–H groups in total. The van der Waals surface area contributed by atoms with Gasteiger partial charge in [-0.25, -0.2) is 0 Å². The highest BCUT2D eigenvalue weighted by atomic mass is 16.1. The van der Waals surface area contributed by atoms with Crippen molar-refractivity contribution in [3.05, 3.63) is 0 Å². The van der Waals surface area contributed by atoms with Gasteiger partial charge in [0.2, 0.25) is 5.91 Å². The molecule has 0 aromatic heterocycles. The lowest BCUT2D eigenvalue weighted by Gasteiger charge is -2.22. The van der Waals surface area contributed by atoms with E-state index in [4.69, 9.17) is 0 Å². The fourth-order valence-corrected chi connectivity index (χ4v) is 2.26. The third-order valence-corrected chi connectivity index (χ3v) is 3.00. The summed E-state index contributed by atoms with van der Waals surface area (Å²) in [7, 11) is 0. The first-order valence-corrected chi connectivity index (χ1v) is 4.81. The van der Waals surface area contributed by atoms with E-state index >= 15 is 0 Å². The second kappa shape index (κ2) is 3.05. The molecule has 12 heavy (non-hydrogen) atoms. The van der Waals surface area contributed by atoms with Crippen molar-refractivity contribution >= 4 is 5.91 Å². The maximum atomic E-state index is 11.1. The summed E-state index contributed by atoms with van der Waals surface area (Å²) in [6, 6.07) is 0.450. The molecule has 0 spiro atoms. The number of hydrogen-bond donors (Lipinski definition) is 1. The van der Waals surface area contributed by atoms with Gasteiger partial charge in [0, 0.05) is 25.6 Å². The summed E-state index contributed by atoms with van der Waals surface area (Å²) >= 11 is 0. The van der Waals surface area contributed by atoms with Crippen LogP contribution in [-0.4, -0.2) is 36.5 Å². The molecule has 0 radical (unpaired) electrons. The highest BCUT2D eigenvalue weighted by molar-refractivity contribution is 5.75. The number of rotatable bonds is 2. The quantitative estimate of drug-likeness (QED) is 0.639. The summed E-state index contributed by atoms with van der Waals surface area (Å²) in [4.78, 5) is 13.6. The lowest BCUT2D eigenvalue weighted by molar-refractivity contribution is -0.121. The van der Waals surface area contributed by atoms with Crippen LogP contribution in [-0.2, 0) is 4.79 Å². The molecule has 1 unspecified atom stereocenters. The third kappa shape index (κ3) is 1.33. The Balaban J connectivity index is 1.86. The minimum Gasteiger partial charge on any atom is -0.352 e. The molecule has 0 aromatic carbocycles. The molecule has 2 fully saturated rings. The Morgan fingerprint density at radius 3 is 2.92 bits per heavy atom. The van der Waals surface area contributed by atoms with Crippen LogP contribution in [0, 0.1) is 5.92 Å². The largest absolute Gasteiger partial charge is 0.352 e. The van der Waals surface area contributed by atoms with E-state index in [2.05, 4.69) is 10.2 Å². The average Bonchev–Trinajstić information content (AvgIpc) is 2.64. The van der Waals surface area contributed by atoms with Gasteiger partial charge in [-0.3, -0.25) is 4.79 Å². The zero-order chi connectivity index (χ0) is 8.55. The normalized spacial score (nSPS) is 38.6. The van der Waals surface area contributed by atoms with Crippen LogP contribution in [0.2, 0.25) is 0 Å². The van der Waals surface area contributed by atoms with Crippen LogP contribution in [0.15, 0.2) is 0 Å². The fraction of sp³-hybridized carbons (Fsp3) is 0.889. The van der Waals surface area contributed by atoms with E-state index in [0.717, 1.165) is 12.5 Å². The number of carbonyl (C=O) groups excluding carboxylic acids is 1. The molecule has 3 heteroatoms. The topological polar surface area (TPSA) is 32.3 Å². The fourth-order valence-electron chi connectivity index (χ4n) is 2.26. The van der Waals surface area contributed by atoms with Crippen molar-refractivity contribution in [3.8, 4) is 0 Å². The Morgan fingerprint density at radius 1 is 1.58 bits per heavy atom. The van der Waals surface area contributed by atoms with Gasteiger partial charge in [-0.2, -0.15) is 0 Å². The van der Waals surface area contributed by atoms with E-state index in [9.17, 15) is 4.79 Å². The van der Waals surface area contributed by atoms with Gasteiger partial charge in [0.25, 0.3) is 0 Å². The monoisotopic (exact) mass is 168 g/mol. The smallest absolute Gasteiger partial charge is 0.219 e. The molecule has 3 nitrogen and oxygen atoms in total. The van der Waals surface area contributed by atoms with Gasteiger partial charge in [-0.05, 0) is 18.9 Å². The molecule has 0 aromatic rings. The van der Waals surface area contributed by atoms with Crippen molar-refractivity contribution < 1.29 is 4.79 Å². The molecular weight excluding hydrogens is 152 g/mol. The van der Waals surface area contributed by atoms with Crippen LogP contribution in [0.25, 0.3) is 0 Å². The summed E-state index contributed by atoms with van der Waals surface area (Å²) in [6.45, 7) is 5.43. The van der Waals surface area contributed by atoms with E-state index in [1.54, 1.807) is 0 Å². The molecule has 2 saturated heterocycles. The number of nitrogens with zero attached hydrogens (tertiary/aromatic N) is 1. The number of hydrogen-bond acceptors (Lipinski definition) is 2. The first-order chi connectivity index (χ1) is 5.79. The van der Waals surface area contributed by atoms with Gasteiger partial charge in [0.15, 0.2) is 0 Å². The van der Waals surface area contributed by atoms with Gasteiger partial charge in [0.05, 0.1) is 0 Å². The van der Waals surface area contributed by atoms with Crippen molar-refractivity contribution in [3.63, 3.8) is 0 Å². The highest BCUT2D eigenvalue weighted by Crippen LogP contribution is 2.27. The number of nitrogens with one attached hydrogen (secondary N) is 1. The summed E-state index contributed by atoms with van der Waals surface area (Å²) in [6.07, 6.45) is 1.89. The van der Waals surface area contributed by atoms with Crippen molar-refractivity contribution in [2.75, 3.05) is 19.6 Å². The number of carbonyl (C=O) groups is 1. The van der Waals surface area contributed by atoms with Crippen LogP contribution in [0.3, 0.4) is 0 Å². The number of fused-ring (bicyclic) bond motifs is 2. The van der Waals surface area contributed by atoms with Crippen LogP contribution in [0.5, 0.6) is 0 Å². The first kappa shape index (κ1) is 8.05. The minimum absolute atomic E-state index is 0.203. The number of amides is 1. The van der Waals surface area contributed by atoms with Gasteiger partial charge in [0.1, 0.15) is 0 Å². The Kier molecular flexibility index (Phi) is 2.05. The maximum absolute atomic E-state index is 11.1. The predicted molar refractivity (Wildman–Crippen MR) is 46.8 cm³/mol. The third-order valence-electron chi connectivity index (χ3n) is 3.00. The summed E-state index contributed by atoms with van der Waals surface area (Å²) < 4.78 is 0. The van der Waals surface area contributed by atoms with E-state index < -0.39 is 0 Å². The van der Waals surface area contributed by atoms with Crippen molar-refractivity contribution in [1.29, 1.82) is 0 Å². The molecule has 1 amide bonds. The SMILES string of the molecule is CCC(=O)N[C@H]1CN2CC[C@@H]1C2. The summed E-state index contributed by atoms with van der Waals surface area (Å²) in [5.41, 5.74) is 0. The van der Waals surface area contributed by atoms with Gasteiger partial charge in [-0.15, -0.1) is 0 Å². The van der Waals surface area contributed by atoms with Crippen LogP contribution in [0.1, 0.15) is 19.8 Å². The first-order valence-electron chi connectivity index (χ1n) is 4.81. The van der Waals surface area contributed by atoms with Crippen molar-refractivity contribution in [1.82, 2.24) is 10.2 Å². The Morgan fingerprint density at radius 2 is 2.42 bits per heavy atom. The van der Waals surface area contributed by atoms with E-state index in [1.165, 1.54) is 19.5 Å². The minimum atomic E-state index is 0.203. The molecule has 2 aliphatic rings. The lowest BCUT2D eigenvalue weighted by Crippen LogP contribution is -2.42. The Labute approximate surface area is 73.1 Å². The maximum Gasteiger partial charge on any atom is 0.219 e. The molecule has 3 atom stereocenters. The average molecular weight is 168 g/mol. The molecule has 0 aliphatic carbocycles. The van der Waals surface area contributed by atoms with Crippen LogP contribution < -0.4 is 5.32 Å². The zero-order valence-corrected chi connectivity index (χ0v) is 7.55. The summed E-state index contributed by atoms with van der Waals surface area (Å²) in [5, 5.41) is 3.08. The molecule has 2 aliphatic heterocycles. The van der Waals surface area contributed by atoms with E-state index in [-0.39, 0.29) is 5.91 Å². The number of piperidine rings is 1. The molecule has 68 valence electrons. The second-order valence-electron chi connectivity index (χ2n) is 3.84. The van der Waals surface area contributed by atoms with E-state index in [0.29, 0.717) is 12.5 Å². The molecule has 2 bridgehead atoms. The van der Waals surface area contributed by atoms with Crippen LogP contribution >= 0.6 is 0 Å². The van der Waals surface area contributed by atoms with Crippen LogP contribution in [0.4, 0.5) is 0 Å². The Hall–Kier alpha value is -0.570. The summed E-state index contributed by atoms with van der Waals surface area (Å²) in [5.74, 6) is 0.939. The second-order valence-corrected chi connectivity index (χ2v) is 3.84. The van der Waals surface area contributed by atoms with Gasteiger partial charge < -0.3 is 10.2 Å². The molecule has 2 heterocycles. The Bertz CT molecular complexity index is 193. The predicted octanol–water partition coefficient (Wildman–Crippen LogP) is 0.217.